The Balaban J connectivity index is 1.65. The zero-order valence-electron chi connectivity index (χ0n) is 17.5. The van der Waals surface area contributed by atoms with Gasteiger partial charge in [0, 0.05) is 12.2 Å². The van der Waals surface area contributed by atoms with E-state index in [0.717, 1.165) is 5.56 Å². The Morgan fingerprint density at radius 1 is 0.939 bits per heavy atom. The van der Waals surface area contributed by atoms with Crippen molar-refractivity contribution < 1.29 is 22.7 Å². The van der Waals surface area contributed by atoms with Gasteiger partial charge < -0.3 is 4.74 Å². The van der Waals surface area contributed by atoms with E-state index in [4.69, 9.17) is 10.00 Å². The number of benzene rings is 3. The summed E-state index contributed by atoms with van der Waals surface area (Å²) in [5.74, 6) is -1.43. The number of sulfonamides is 1. The minimum atomic E-state index is -3.87. The number of esters is 1. The average Bonchev–Trinajstić information content (AvgIpc) is 2.85. The first-order valence-electron chi connectivity index (χ1n) is 9.94. The van der Waals surface area contributed by atoms with Crippen molar-refractivity contribution >= 4 is 27.6 Å². The lowest BCUT2D eigenvalue weighted by atomic mass is 10.2. The summed E-state index contributed by atoms with van der Waals surface area (Å²) in [6.45, 7) is -0.708. The lowest BCUT2D eigenvalue weighted by Gasteiger charge is -2.19. The van der Waals surface area contributed by atoms with Gasteiger partial charge in [-0.3, -0.25) is 9.69 Å². The van der Waals surface area contributed by atoms with Gasteiger partial charge in [-0.25, -0.2) is 17.9 Å². The Labute approximate surface area is 192 Å². The summed E-state index contributed by atoms with van der Waals surface area (Å²) in [7, 11) is -3.87. The van der Waals surface area contributed by atoms with Crippen LogP contribution < -0.4 is 9.62 Å². The van der Waals surface area contributed by atoms with Gasteiger partial charge in [0.15, 0.2) is 6.61 Å². The Morgan fingerprint density at radius 2 is 1.61 bits per heavy atom. The largest absolute Gasteiger partial charge is 0.452 e. The maximum absolute atomic E-state index is 12.6. The molecule has 0 saturated heterocycles. The van der Waals surface area contributed by atoms with Crippen molar-refractivity contribution in [1.29, 1.82) is 5.26 Å². The fourth-order valence-corrected chi connectivity index (χ4v) is 4.00. The van der Waals surface area contributed by atoms with E-state index in [-0.39, 0.29) is 23.5 Å². The summed E-state index contributed by atoms with van der Waals surface area (Å²) in [6, 6.07) is 24.8. The number of ether oxygens (including phenoxy) is 1. The first-order valence-corrected chi connectivity index (χ1v) is 11.4. The van der Waals surface area contributed by atoms with Crippen LogP contribution in [0.1, 0.15) is 15.9 Å². The Bertz CT molecular complexity index is 1260. The number of amides is 1. The second-order valence-electron chi connectivity index (χ2n) is 6.89. The molecule has 0 spiro atoms. The minimum absolute atomic E-state index is 0.0167. The molecule has 1 amide bonds. The Kier molecular flexibility index (Phi) is 7.91. The van der Waals surface area contributed by atoms with Crippen molar-refractivity contribution in [2.45, 2.75) is 11.4 Å². The molecule has 3 aromatic carbocycles. The molecule has 168 valence electrons. The highest BCUT2D eigenvalue weighted by Crippen LogP contribution is 2.15. The van der Waals surface area contributed by atoms with Crippen LogP contribution >= 0.6 is 0 Å². The number of hydrogen-bond acceptors (Lipinski definition) is 6. The van der Waals surface area contributed by atoms with Gasteiger partial charge in [-0.2, -0.15) is 5.26 Å². The average molecular weight is 464 g/mol. The third kappa shape index (κ3) is 6.49. The molecular weight excluding hydrogens is 442 g/mol. The molecule has 1 N–H and O–H groups in total. The molecular formula is C24H21N3O5S. The molecule has 0 radical (unpaired) electrons. The number of nitriles is 1. The van der Waals surface area contributed by atoms with Gasteiger partial charge in [-0.05, 0) is 35.9 Å². The molecule has 0 aliphatic heterocycles. The highest BCUT2D eigenvalue weighted by Gasteiger charge is 2.20. The molecule has 0 saturated carbocycles. The van der Waals surface area contributed by atoms with Crippen LogP contribution in [0.5, 0.6) is 0 Å². The van der Waals surface area contributed by atoms with E-state index in [1.807, 2.05) is 12.1 Å². The number of para-hydroxylation sites is 1. The smallest absolute Gasteiger partial charge is 0.338 e. The molecule has 8 nitrogen and oxygen atoms in total. The minimum Gasteiger partial charge on any atom is -0.452 e. The van der Waals surface area contributed by atoms with Crippen molar-refractivity contribution in [3.05, 3.63) is 96.1 Å². The van der Waals surface area contributed by atoms with Crippen LogP contribution in [-0.4, -0.2) is 33.4 Å². The van der Waals surface area contributed by atoms with Gasteiger partial charge in [-0.1, -0.05) is 54.6 Å². The Morgan fingerprint density at radius 3 is 2.27 bits per heavy atom. The summed E-state index contributed by atoms with van der Waals surface area (Å²) in [5, 5.41) is 9.01. The standard InChI is InChI=1S/C24H21N3O5S/c25-14-15-27(21-11-5-2-6-12-21)23(28)18-32-24(29)20-10-7-13-22(16-20)33(30,31)26-17-19-8-3-1-4-9-19/h1-13,16,26H,15,17-18H2. The number of rotatable bonds is 9. The quantitative estimate of drug-likeness (QED) is 0.385. The number of hydrogen-bond donors (Lipinski definition) is 1. The lowest BCUT2D eigenvalue weighted by Crippen LogP contribution is -2.35. The van der Waals surface area contributed by atoms with Gasteiger partial charge in [0.25, 0.3) is 5.91 Å². The first kappa shape index (κ1) is 23.7. The van der Waals surface area contributed by atoms with E-state index in [1.165, 1.54) is 29.2 Å². The second kappa shape index (κ2) is 11.0. The van der Waals surface area contributed by atoms with Gasteiger partial charge in [0.2, 0.25) is 10.0 Å². The van der Waals surface area contributed by atoms with Crippen LogP contribution in [0.4, 0.5) is 5.69 Å². The van der Waals surface area contributed by atoms with Crippen LogP contribution in [0.15, 0.2) is 89.8 Å². The van der Waals surface area contributed by atoms with E-state index in [1.54, 1.807) is 54.6 Å². The first-order chi connectivity index (χ1) is 15.9. The molecule has 33 heavy (non-hydrogen) atoms. The van der Waals surface area contributed by atoms with E-state index in [0.29, 0.717) is 5.69 Å². The molecule has 0 aliphatic rings. The summed E-state index contributed by atoms with van der Waals surface area (Å²) >= 11 is 0. The second-order valence-corrected chi connectivity index (χ2v) is 8.65. The molecule has 0 atom stereocenters. The number of carbonyl (C=O) groups excluding carboxylic acids is 2. The zero-order valence-corrected chi connectivity index (χ0v) is 18.4. The zero-order chi connectivity index (χ0) is 23.7. The summed E-state index contributed by atoms with van der Waals surface area (Å²) in [5.41, 5.74) is 1.27. The van der Waals surface area contributed by atoms with Crippen LogP contribution in [0.25, 0.3) is 0 Å². The maximum atomic E-state index is 12.6. The maximum Gasteiger partial charge on any atom is 0.338 e. The fourth-order valence-electron chi connectivity index (χ4n) is 2.94. The van der Waals surface area contributed by atoms with E-state index >= 15 is 0 Å². The predicted molar refractivity (Wildman–Crippen MR) is 122 cm³/mol. The van der Waals surface area contributed by atoms with Crippen molar-refractivity contribution in [3.8, 4) is 6.07 Å². The molecule has 0 bridgehead atoms. The number of anilines is 1. The fraction of sp³-hybridized carbons (Fsp3) is 0.125. The SMILES string of the molecule is N#CCN(C(=O)COC(=O)c1cccc(S(=O)(=O)NCc2ccccc2)c1)c1ccccc1. The van der Waals surface area contributed by atoms with E-state index in [9.17, 15) is 18.0 Å². The molecule has 0 fully saturated rings. The van der Waals surface area contributed by atoms with Crippen LogP contribution in [0.2, 0.25) is 0 Å². The lowest BCUT2D eigenvalue weighted by molar-refractivity contribution is -0.121. The van der Waals surface area contributed by atoms with Crippen LogP contribution in [0, 0.1) is 11.3 Å². The Hall–Kier alpha value is -4.00. The number of carbonyl (C=O) groups is 2. The van der Waals surface area contributed by atoms with Crippen molar-refractivity contribution in [3.63, 3.8) is 0 Å². The topological polar surface area (TPSA) is 117 Å². The van der Waals surface area contributed by atoms with Gasteiger partial charge in [0.05, 0.1) is 16.5 Å². The monoisotopic (exact) mass is 463 g/mol. The van der Waals surface area contributed by atoms with Gasteiger partial charge in [-0.15, -0.1) is 0 Å². The molecule has 3 rings (SSSR count). The molecule has 0 aliphatic carbocycles. The van der Waals surface area contributed by atoms with Gasteiger partial charge in [0.1, 0.15) is 6.54 Å². The van der Waals surface area contributed by atoms with E-state index in [2.05, 4.69) is 4.72 Å². The predicted octanol–water partition coefficient (Wildman–Crippen LogP) is 2.88. The number of nitrogens with zero attached hydrogens (tertiary/aromatic N) is 2. The normalized spacial score (nSPS) is 10.8. The molecule has 0 aromatic heterocycles. The van der Waals surface area contributed by atoms with E-state index < -0.39 is 28.5 Å². The summed E-state index contributed by atoms with van der Waals surface area (Å²) in [4.78, 5) is 26.1. The van der Waals surface area contributed by atoms with Crippen LogP contribution in [0.3, 0.4) is 0 Å². The van der Waals surface area contributed by atoms with Crippen molar-refractivity contribution in [2.24, 2.45) is 0 Å². The third-order valence-corrected chi connectivity index (χ3v) is 6.01. The molecule has 0 heterocycles. The van der Waals surface area contributed by atoms with Crippen molar-refractivity contribution in [2.75, 3.05) is 18.1 Å². The summed E-state index contributed by atoms with van der Waals surface area (Å²) in [6.07, 6.45) is 0. The number of nitrogens with one attached hydrogen (secondary N) is 1. The highest BCUT2D eigenvalue weighted by molar-refractivity contribution is 7.89. The van der Waals surface area contributed by atoms with Crippen LogP contribution in [-0.2, 0) is 26.1 Å². The highest BCUT2D eigenvalue weighted by atomic mass is 32.2. The summed E-state index contributed by atoms with van der Waals surface area (Å²) < 4.78 is 32.8. The molecule has 3 aromatic rings. The molecule has 0 unspecified atom stereocenters. The molecule has 9 heteroatoms. The third-order valence-electron chi connectivity index (χ3n) is 4.61. The van der Waals surface area contributed by atoms with Crippen molar-refractivity contribution in [1.82, 2.24) is 4.72 Å². The van der Waals surface area contributed by atoms with Gasteiger partial charge >= 0.3 is 5.97 Å².